The highest BCUT2D eigenvalue weighted by Gasteiger charge is 2.21. The zero-order valence-electron chi connectivity index (χ0n) is 12.7. The van der Waals surface area contributed by atoms with E-state index < -0.39 is 0 Å². The number of aryl methyl sites for hydroxylation is 1. The van der Waals surface area contributed by atoms with Crippen molar-refractivity contribution in [3.63, 3.8) is 0 Å². The van der Waals surface area contributed by atoms with Gasteiger partial charge in [0, 0.05) is 31.1 Å². The van der Waals surface area contributed by atoms with Crippen LogP contribution in [0.2, 0.25) is 0 Å². The van der Waals surface area contributed by atoms with Gasteiger partial charge in [-0.25, -0.2) is 4.98 Å². The Morgan fingerprint density at radius 1 is 1.27 bits per heavy atom. The van der Waals surface area contributed by atoms with E-state index in [2.05, 4.69) is 41.2 Å². The second-order valence-electron chi connectivity index (χ2n) is 5.80. The molecular formula is C17H20N4O. The highest BCUT2D eigenvalue weighted by Crippen LogP contribution is 2.24. The fraction of sp³-hybridized carbons (Fsp3) is 0.353. The van der Waals surface area contributed by atoms with Gasteiger partial charge in [-0.3, -0.25) is 4.79 Å². The molecule has 0 bridgehead atoms. The molecule has 0 radical (unpaired) electrons. The average Bonchev–Trinajstić information content (AvgIpc) is 2.51. The van der Waals surface area contributed by atoms with Gasteiger partial charge in [-0.05, 0) is 18.9 Å². The van der Waals surface area contributed by atoms with E-state index in [9.17, 15) is 4.79 Å². The molecule has 0 aliphatic carbocycles. The van der Waals surface area contributed by atoms with E-state index in [-0.39, 0.29) is 11.7 Å². The number of carbonyl (C=O) groups excluding carboxylic acids is 1. The largest absolute Gasteiger partial charge is 0.368 e. The van der Waals surface area contributed by atoms with Crippen molar-refractivity contribution in [1.29, 1.82) is 0 Å². The van der Waals surface area contributed by atoms with Gasteiger partial charge in [0.15, 0.2) is 5.78 Å². The minimum atomic E-state index is 0.251. The second kappa shape index (κ2) is 6.13. The van der Waals surface area contributed by atoms with E-state index in [4.69, 9.17) is 5.73 Å². The van der Waals surface area contributed by atoms with E-state index in [0.29, 0.717) is 13.0 Å². The number of Topliss-reactive ketones (excluding diaryl/α,β-unsaturated/α-hetero) is 1. The maximum Gasteiger partial charge on any atom is 0.221 e. The highest BCUT2D eigenvalue weighted by atomic mass is 16.1. The first-order valence-corrected chi connectivity index (χ1v) is 7.55. The first kappa shape index (κ1) is 14.5. The number of aromatic nitrogens is 2. The van der Waals surface area contributed by atoms with E-state index >= 15 is 0 Å². The van der Waals surface area contributed by atoms with Gasteiger partial charge in [-0.15, -0.1) is 0 Å². The normalized spacial score (nSPS) is 15.1. The molecule has 2 heterocycles. The van der Waals surface area contributed by atoms with E-state index in [0.717, 1.165) is 30.8 Å². The molecule has 2 N–H and O–H groups in total. The zero-order valence-corrected chi connectivity index (χ0v) is 12.7. The van der Waals surface area contributed by atoms with Crippen LogP contribution in [0, 0.1) is 6.92 Å². The lowest BCUT2D eigenvalue weighted by Crippen LogP contribution is -2.37. The SMILES string of the molecule is Cc1ccc(Cc2cnc(N)nc2N2CCCC(=O)C2)cc1. The Labute approximate surface area is 130 Å². The minimum Gasteiger partial charge on any atom is -0.368 e. The van der Waals surface area contributed by atoms with Gasteiger partial charge < -0.3 is 10.6 Å². The highest BCUT2D eigenvalue weighted by molar-refractivity contribution is 5.84. The summed E-state index contributed by atoms with van der Waals surface area (Å²) in [7, 11) is 0. The summed E-state index contributed by atoms with van der Waals surface area (Å²) in [5.41, 5.74) is 9.19. The summed E-state index contributed by atoms with van der Waals surface area (Å²) in [6.07, 6.45) is 4.04. The summed E-state index contributed by atoms with van der Waals surface area (Å²) in [6.45, 7) is 3.32. The van der Waals surface area contributed by atoms with Crippen LogP contribution in [-0.4, -0.2) is 28.8 Å². The quantitative estimate of drug-likeness (QED) is 0.939. The molecule has 0 unspecified atom stereocenters. The number of hydrogen-bond donors (Lipinski definition) is 1. The first-order valence-electron chi connectivity index (χ1n) is 7.55. The van der Waals surface area contributed by atoms with Crippen LogP contribution in [0.1, 0.15) is 29.5 Å². The number of nitrogens with two attached hydrogens (primary N) is 1. The van der Waals surface area contributed by atoms with Crippen LogP contribution < -0.4 is 10.6 Å². The molecule has 0 spiro atoms. The molecule has 1 aromatic carbocycles. The molecule has 2 aromatic rings. The van der Waals surface area contributed by atoms with Gasteiger partial charge >= 0.3 is 0 Å². The van der Waals surface area contributed by atoms with E-state index in [1.165, 1.54) is 11.1 Å². The fourth-order valence-electron chi connectivity index (χ4n) is 2.75. The fourth-order valence-corrected chi connectivity index (χ4v) is 2.75. The second-order valence-corrected chi connectivity index (χ2v) is 5.80. The summed E-state index contributed by atoms with van der Waals surface area (Å²) < 4.78 is 0. The number of carbonyl (C=O) groups is 1. The number of benzene rings is 1. The third-order valence-corrected chi connectivity index (χ3v) is 3.93. The number of rotatable bonds is 3. The molecule has 0 saturated carbocycles. The third kappa shape index (κ3) is 3.24. The van der Waals surface area contributed by atoms with Gasteiger partial charge in [0.05, 0.1) is 6.54 Å². The minimum absolute atomic E-state index is 0.251. The molecule has 114 valence electrons. The van der Waals surface area contributed by atoms with Crippen molar-refractivity contribution in [3.8, 4) is 0 Å². The number of hydrogen-bond acceptors (Lipinski definition) is 5. The Balaban J connectivity index is 1.90. The van der Waals surface area contributed by atoms with Crippen LogP contribution in [0.15, 0.2) is 30.5 Å². The van der Waals surface area contributed by atoms with Gasteiger partial charge in [0.25, 0.3) is 0 Å². The Kier molecular flexibility index (Phi) is 4.04. The molecule has 1 saturated heterocycles. The molecule has 3 rings (SSSR count). The van der Waals surface area contributed by atoms with Crippen molar-refractivity contribution in [3.05, 3.63) is 47.2 Å². The molecule has 1 aliphatic rings. The summed E-state index contributed by atoms with van der Waals surface area (Å²) in [5.74, 6) is 1.30. The molecule has 0 amide bonds. The van der Waals surface area contributed by atoms with Crippen LogP contribution in [0.5, 0.6) is 0 Å². The molecule has 1 aromatic heterocycles. The molecule has 0 atom stereocenters. The zero-order chi connectivity index (χ0) is 15.5. The smallest absolute Gasteiger partial charge is 0.221 e. The van der Waals surface area contributed by atoms with Crippen molar-refractivity contribution >= 4 is 17.5 Å². The predicted molar refractivity (Wildman–Crippen MR) is 86.9 cm³/mol. The van der Waals surface area contributed by atoms with Crippen molar-refractivity contribution in [2.24, 2.45) is 0 Å². The standard InChI is InChI=1S/C17H20N4O/c1-12-4-6-13(7-5-12)9-14-10-19-17(18)20-16(14)21-8-2-3-15(22)11-21/h4-7,10H,2-3,8-9,11H2,1H3,(H2,18,19,20). The topological polar surface area (TPSA) is 72.1 Å². The molecule has 1 aliphatic heterocycles. The predicted octanol–water partition coefficient (Wildman–Crippen LogP) is 2.13. The van der Waals surface area contributed by atoms with Crippen molar-refractivity contribution in [1.82, 2.24) is 9.97 Å². The van der Waals surface area contributed by atoms with Crippen molar-refractivity contribution < 1.29 is 4.79 Å². The Bertz CT molecular complexity index is 682. The Hall–Kier alpha value is -2.43. The molecule has 5 nitrogen and oxygen atoms in total. The first-order chi connectivity index (χ1) is 10.6. The van der Waals surface area contributed by atoms with Crippen LogP contribution in [-0.2, 0) is 11.2 Å². The van der Waals surface area contributed by atoms with E-state index in [1.54, 1.807) is 6.20 Å². The lowest BCUT2D eigenvalue weighted by molar-refractivity contribution is -0.118. The Morgan fingerprint density at radius 3 is 2.77 bits per heavy atom. The van der Waals surface area contributed by atoms with Crippen LogP contribution in [0.3, 0.4) is 0 Å². The van der Waals surface area contributed by atoms with Gasteiger partial charge in [0.1, 0.15) is 5.82 Å². The van der Waals surface area contributed by atoms with Gasteiger partial charge in [-0.2, -0.15) is 4.98 Å². The number of nitrogens with zero attached hydrogens (tertiary/aromatic N) is 3. The summed E-state index contributed by atoms with van der Waals surface area (Å²) in [4.78, 5) is 22.3. The molecular weight excluding hydrogens is 276 g/mol. The number of anilines is 2. The molecule has 1 fully saturated rings. The number of piperidine rings is 1. The molecule has 22 heavy (non-hydrogen) atoms. The van der Waals surface area contributed by atoms with Crippen LogP contribution >= 0.6 is 0 Å². The third-order valence-electron chi connectivity index (χ3n) is 3.93. The van der Waals surface area contributed by atoms with Gasteiger partial charge in [0.2, 0.25) is 5.95 Å². The lowest BCUT2D eigenvalue weighted by Gasteiger charge is -2.28. The summed E-state index contributed by atoms with van der Waals surface area (Å²) in [6, 6.07) is 8.41. The van der Waals surface area contributed by atoms with Crippen LogP contribution in [0.4, 0.5) is 11.8 Å². The lowest BCUT2D eigenvalue weighted by atomic mass is 10.0. The maximum atomic E-state index is 11.7. The molecule has 5 heteroatoms. The summed E-state index contributed by atoms with van der Waals surface area (Å²) in [5, 5.41) is 0. The van der Waals surface area contributed by atoms with Crippen molar-refractivity contribution in [2.75, 3.05) is 23.7 Å². The average molecular weight is 296 g/mol. The number of ketones is 1. The Morgan fingerprint density at radius 2 is 2.05 bits per heavy atom. The van der Waals surface area contributed by atoms with E-state index in [1.807, 2.05) is 4.90 Å². The number of nitrogen functional groups attached to an aromatic ring is 1. The monoisotopic (exact) mass is 296 g/mol. The van der Waals surface area contributed by atoms with Gasteiger partial charge in [-0.1, -0.05) is 29.8 Å². The maximum absolute atomic E-state index is 11.7. The van der Waals surface area contributed by atoms with Crippen molar-refractivity contribution in [2.45, 2.75) is 26.2 Å². The van der Waals surface area contributed by atoms with Crippen LogP contribution in [0.25, 0.3) is 0 Å². The summed E-state index contributed by atoms with van der Waals surface area (Å²) >= 11 is 0.